The lowest BCUT2D eigenvalue weighted by molar-refractivity contribution is 0.0690. The quantitative estimate of drug-likeness (QED) is 0.600. The fourth-order valence-electron chi connectivity index (χ4n) is 5.36. The summed E-state index contributed by atoms with van der Waals surface area (Å²) in [5, 5.41) is 11.5. The molecule has 0 saturated heterocycles. The number of carboxylic acids is 1. The highest BCUT2D eigenvalue weighted by Gasteiger charge is 2.30. The van der Waals surface area contributed by atoms with Crippen LogP contribution in [0.1, 0.15) is 88.3 Å². The highest BCUT2D eigenvalue weighted by molar-refractivity contribution is 5.94. The summed E-state index contributed by atoms with van der Waals surface area (Å²) < 4.78 is 6.38. The van der Waals surface area contributed by atoms with Gasteiger partial charge in [0.25, 0.3) is 0 Å². The van der Waals surface area contributed by atoms with Crippen molar-refractivity contribution in [3.63, 3.8) is 0 Å². The van der Waals surface area contributed by atoms with Gasteiger partial charge in [-0.2, -0.15) is 0 Å². The summed E-state index contributed by atoms with van der Waals surface area (Å²) in [7, 11) is 0. The first-order valence-corrected chi connectivity index (χ1v) is 11.6. The van der Waals surface area contributed by atoms with Gasteiger partial charge in [0, 0.05) is 11.1 Å². The Morgan fingerprint density at radius 3 is 2.40 bits per heavy atom. The second kappa shape index (κ2) is 8.56. The lowest BCUT2D eigenvalue weighted by atomic mass is 9.72. The number of benzene rings is 1. The minimum atomic E-state index is -0.958. The van der Waals surface area contributed by atoms with Gasteiger partial charge in [-0.15, -0.1) is 0 Å². The van der Waals surface area contributed by atoms with E-state index >= 15 is 0 Å². The van der Waals surface area contributed by atoms with E-state index in [0.29, 0.717) is 11.3 Å². The van der Waals surface area contributed by atoms with Crippen molar-refractivity contribution in [2.75, 3.05) is 0 Å². The van der Waals surface area contributed by atoms with Gasteiger partial charge in [0.05, 0.1) is 6.10 Å². The Morgan fingerprint density at radius 1 is 1.07 bits per heavy atom. The van der Waals surface area contributed by atoms with Crippen molar-refractivity contribution >= 4 is 16.7 Å². The maximum absolute atomic E-state index is 11.6. The second-order valence-corrected chi connectivity index (χ2v) is 10.5. The molecule has 30 heavy (non-hydrogen) atoms. The number of ether oxygens (including phenoxy) is 1. The van der Waals surface area contributed by atoms with Gasteiger partial charge in [-0.1, -0.05) is 52.5 Å². The molecule has 2 aliphatic carbocycles. The molecule has 0 radical (unpaired) electrons. The standard InChI is InChI=1S/C26H35NO3/c1-26(2,3)19-9-12-20(13-10-19)30-21-11-8-18-15-24(25(28)29)27-23(22(18)16-21)14-17-6-4-5-7-17/h8,11,15-17,19-20H,4-7,9-10,12-14H2,1-3H3,(H,28,29). The van der Waals surface area contributed by atoms with Crippen molar-refractivity contribution in [2.24, 2.45) is 17.3 Å². The molecule has 4 heteroatoms. The third kappa shape index (κ3) is 4.79. The highest BCUT2D eigenvalue weighted by Crippen LogP contribution is 2.39. The number of fused-ring (bicyclic) bond motifs is 1. The fraction of sp³-hybridized carbons (Fsp3) is 0.615. The molecule has 2 aliphatic rings. The van der Waals surface area contributed by atoms with E-state index in [2.05, 4.69) is 31.8 Å². The third-order valence-electron chi connectivity index (χ3n) is 7.26. The van der Waals surface area contributed by atoms with Crippen LogP contribution in [0.3, 0.4) is 0 Å². The molecule has 0 bridgehead atoms. The Morgan fingerprint density at radius 2 is 1.77 bits per heavy atom. The number of rotatable bonds is 5. The number of hydrogen-bond donors (Lipinski definition) is 1. The Labute approximate surface area is 180 Å². The Kier molecular flexibility index (Phi) is 6.04. The van der Waals surface area contributed by atoms with E-state index in [1.807, 2.05) is 12.1 Å². The average molecular weight is 410 g/mol. The van der Waals surface area contributed by atoms with Crippen molar-refractivity contribution in [1.82, 2.24) is 4.98 Å². The van der Waals surface area contributed by atoms with Crippen LogP contribution in [0.2, 0.25) is 0 Å². The molecule has 0 amide bonds. The first-order valence-electron chi connectivity index (χ1n) is 11.6. The van der Waals surface area contributed by atoms with Crippen LogP contribution in [0.25, 0.3) is 10.8 Å². The molecule has 2 aromatic rings. The summed E-state index contributed by atoms with van der Waals surface area (Å²) in [5.74, 6) is 1.31. The van der Waals surface area contributed by atoms with E-state index in [9.17, 15) is 9.90 Å². The number of aromatic carboxylic acids is 1. The SMILES string of the molecule is CC(C)(C)C1CCC(Oc2ccc3cc(C(=O)O)nc(CC4CCCC4)c3c2)CC1. The van der Waals surface area contributed by atoms with Crippen LogP contribution in [0.4, 0.5) is 0 Å². The molecule has 4 nitrogen and oxygen atoms in total. The normalized spacial score (nSPS) is 23.0. The molecular formula is C26H35NO3. The minimum Gasteiger partial charge on any atom is -0.490 e. The highest BCUT2D eigenvalue weighted by atomic mass is 16.5. The van der Waals surface area contributed by atoms with Crippen molar-refractivity contribution < 1.29 is 14.6 Å². The summed E-state index contributed by atoms with van der Waals surface area (Å²) in [6.45, 7) is 7.02. The third-order valence-corrected chi connectivity index (χ3v) is 7.26. The number of nitrogens with zero attached hydrogens (tertiary/aromatic N) is 1. The van der Waals surface area contributed by atoms with E-state index in [4.69, 9.17) is 4.74 Å². The number of carboxylic acid groups (broad SMARTS) is 1. The topological polar surface area (TPSA) is 59.4 Å². The zero-order chi connectivity index (χ0) is 21.3. The van der Waals surface area contributed by atoms with Crippen molar-refractivity contribution in [2.45, 2.75) is 84.7 Å². The van der Waals surface area contributed by atoms with Crippen molar-refractivity contribution in [1.29, 1.82) is 0 Å². The lowest BCUT2D eigenvalue weighted by Crippen LogP contribution is -2.30. The largest absolute Gasteiger partial charge is 0.490 e. The molecule has 4 rings (SSSR count). The van der Waals surface area contributed by atoms with Gasteiger partial charge in [-0.3, -0.25) is 0 Å². The molecule has 0 unspecified atom stereocenters. The van der Waals surface area contributed by atoms with Crippen LogP contribution >= 0.6 is 0 Å². The molecule has 0 aliphatic heterocycles. The first-order chi connectivity index (χ1) is 14.3. The maximum Gasteiger partial charge on any atom is 0.354 e. The van der Waals surface area contributed by atoms with E-state index in [-0.39, 0.29) is 11.8 Å². The summed E-state index contributed by atoms with van der Waals surface area (Å²) in [4.78, 5) is 16.1. The molecule has 1 heterocycles. The molecule has 1 aromatic carbocycles. The molecule has 1 aromatic heterocycles. The molecule has 0 spiro atoms. The van der Waals surface area contributed by atoms with Crippen molar-refractivity contribution in [3.05, 3.63) is 35.7 Å². The van der Waals surface area contributed by atoms with Gasteiger partial charge in [0.1, 0.15) is 11.4 Å². The summed E-state index contributed by atoms with van der Waals surface area (Å²) in [6, 6.07) is 7.77. The van der Waals surface area contributed by atoms with E-state index in [1.165, 1.54) is 38.5 Å². The van der Waals surface area contributed by atoms with Gasteiger partial charge in [-0.25, -0.2) is 9.78 Å². The van der Waals surface area contributed by atoms with E-state index in [0.717, 1.165) is 47.4 Å². The zero-order valence-corrected chi connectivity index (χ0v) is 18.6. The zero-order valence-electron chi connectivity index (χ0n) is 18.6. The number of aromatic nitrogens is 1. The van der Waals surface area contributed by atoms with Crippen LogP contribution in [-0.4, -0.2) is 22.2 Å². The first kappa shape index (κ1) is 21.1. The molecule has 2 saturated carbocycles. The average Bonchev–Trinajstić information content (AvgIpc) is 3.21. The molecule has 162 valence electrons. The molecule has 1 N–H and O–H groups in total. The Bertz CT molecular complexity index is 900. The Hall–Kier alpha value is -2.10. The second-order valence-electron chi connectivity index (χ2n) is 10.5. The smallest absolute Gasteiger partial charge is 0.354 e. The van der Waals surface area contributed by atoms with E-state index < -0.39 is 5.97 Å². The van der Waals surface area contributed by atoms with Crippen LogP contribution in [0.5, 0.6) is 5.75 Å². The van der Waals surface area contributed by atoms with Crippen LogP contribution in [0.15, 0.2) is 24.3 Å². The monoisotopic (exact) mass is 409 g/mol. The minimum absolute atomic E-state index is 0.143. The van der Waals surface area contributed by atoms with Crippen LogP contribution < -0.4 is 4.74 Å². The van der Waals surface area contributed by atoms with Gasteiger partial charge in [-0.05, 0) is 72.9 Å². The van der Waals surface area contributed by atoms with Crippen LogP contribution in [-0.2, 0) is 6.42 Å². The summed E-state index contributed by atoms with van der Waals surface area (Å²) in [6.07, 6.45) is 10.7. The number of hydrogen-bond acceptors (Lipinski definition) is 3. The van der Waals surface area contributed by atoms with Crippen molar-refractivity contribution in [3.8, 4) is 5.75 Å². The molecule has 0 atom stereocenters. The molecular weight excluding hydrogens is 374 g/mol. The Balaban J connectivity index is 1.55. The van der Waals surface area contributed by atoms with Gasteiger partial charge < -0.3 is 9.84 Å². The fourth-order valence-corrected chi connectivity index (χ4v) is 5.36. The molecule has 2 fully saturated rings. The predicted molar refractivity (Wildman–Crippen MR) is 120 cm³/mol. The number of pyridine rings is 1. The maximum atomic E-state index is 11.6. The summed E-state index contributed by atoms with van der Waals surface area (Å²) in [5.41, 5.74) is 1.43. The van der Waals surface area contributed by atoms with E-state index in [1.54, 1.807) is 6.07 Å². The predicted octanol–water partition coefficient (Wildman–Crippen LogP) is 6.65. The van der Waals surface area contributed by atoms with Gasteiger partial charge in [0.2, 0.25) is 0 Å². The van der Waals surface area contributed by atoms with Gasteiger partial charge >= 0.3 is 5.97 Å². The van der Waals surface area contributed by atoms with Gasteiger partial charge in [0.15, 0.2) is 0 Å². The number of carbonyl (C=O) groups is 1. The summed E-state index contributed by atoms with van der Waals surface area (Å²) >= 11 is 0. The van der Waals surface area contributed by atoms with Crippen LogP contribution in [0, 0.1) is 17.3 Å². The lowest BCUT2D eigenvalue weighted by Gasteiger charge is -2.37.